The number of fused-ring (bicyclic) bond motifs is 1. The molecular formula is C32H40FN. The molecule has 2 aliphatic carbocycles. The summed E-state index contributed by atoms with van der Waals surface area (Å²) in [5, 5.41) is 0. The van der Waals surface area contributed by atoms with E-state index < -0.39 is 0 Å². The zero-order chi connectivity index (χ0) is 23.5. The zero-order valence-corrected chi connectivity index (χ0v) is 21.1. The quantitative estimate of drug-likeness (QED) is 0.423. The molecule has 1 atom stereocenters. The number of benzene rings is 2. The summed E-state index contributed by atoms with van der Waals surface area (Å²) < 4.78 is 12.4. The van der Waals surface area contributed by atoms with Crippen molar-refractivity contribution in [3.63, 3.8) is 0 Å². The molecule has 1 aliphatic heterocycles. The van der Waals surface area contributed by atoms with Crippen molar-refractivity contribution in [2.75, 3.05) is 26.3 Å². The van der Waals surface area contributed by atoms with E-state index in [4.69, 9.17) is 0 Å². The molecule has 1 saturated heterocycles. The summed E-state index contributed by atoms with van der Waals surface area (Å²) in [5.41, 5.74) is 10.8. The van der Waals surface area contributed by atoms with Gasteiger partial charge in [0.15, 0.2) is 0 Å². The molecule has 0 radical (unpaired) electrons. The van der Waals surface area contributed by atoms with Gasteiger partial charge in [0.1, 0.15) is 0 Å². The second kappa shape index (κ2) is 10.2. The molecule has 2 heteroatoms. The molecule has 1 unspecified atom stereocenters. The van der Waals surface area contributed by atoms with Crippen LogP contribution < -0.4 is 0 Å². The molecular weight excluding hydrogens is 417 g/mol. The second-order valence-electron chi connectivity index (χ2n) is 11.5. The van der Waals surface area contributed by atoms with E-state index in [2.05, 4.69) is 73.4 Å². The fourth-order valence-corrected chi connectivity index (χ4v) is 6.54. The number of allylic oxidation sites excluding steroid dienone is 1. The summed E-state index contributed by atoms with van der Waals surface area (Å²) in [7, 11) is 0. The molecule has 34 heavy (non-hydrogen) atoms. The molecule has 3 aliphatic rings. The Morgan fingerprint density at radius 3 is 2.56 bits per heavy atom. The fraction of sp³-hybridized carbons (Fsp3) is 0.500. The Morgan fingerprint density at radius 1 is 1.00 bits per heavy atom. The van der Waals surface area contributed by atoms with Gasteiger partial charge in [-0.3, -0.25) is 9.29 Å². The first kappa shape index (κ1) is 23.5. The van der Waals surface area contributed by atoms with Crippen molar-refractivity contribution < 1.29 is 4.39 Å². The molecule has 0 amide bonds. The normalized spacial score (nSPS) is 22.7. The van der Waals surface area contributed by atoms with Gasteiger partial charge in [0, 0.05) is 19.6 Å². The number of rotatable bonds is 6. The largest absolute Gasteiger partial charge is 0.295 e. The van der Waals surface area contributed by atoms with Gasteiger partial charge in [-0.2, -0.15) is 0 Å². The van der Waals surface area contributed by atoms with Gasteiger partial charge < -0.3 is 0 Å². The summed E-state index contributed by atoms with van der Waals surface area (Å²) in [5.74, 6) is 0.706. The van der Waals surface area contributed by atoms with Gasteiger partial charge in [-0.1, -0.05) is 80.4 Å². The van der Waals surface area contributed by atoms with Crippen LogP contribution in [0.2, 0.25) is 0 Å². The molecule has 0 bridgehead atoms. The minimum Gasteiger partial charge on any atom is -0.295 e. The maximum absolute atomic E-state index is 12.4. The van der Waals surface area contributed by atoms with Gasteiger partial charge >= 0.3 is 0 Å². The highest BCUT2D eigenvalue weighted by molar-refractivity contribution is 5.84. The Balaban J connectivity index is 1.45. The minimum atomic E-state index is -0.212. The summed E-state index contributed by atoms with van der Waals surface area (Å²) in [6.07, 6.45) is 12.0. The molecule has 180 valence electrons. The number of hydrogen-bond donors (Lipinski definition) is 0. The molecule has 1 heterocycles. The van der Waals surface area contributed by atoms with Gasteiger partial charge in [0.05, 0.1) is 6.67 Å². The minimum absolute atomic E-state index is 0.212. The van der Waals surface area contributed by atoms with Gasteiger partial charge in [-0.05, 0) is 89.7 Å². The van der Waals surface area contributed by atoms with Crippen molar-refractivity contribution in [2.45, 2.75) is 65.2 Å². The van der Waals surface area contributed by atoms with E-state index >= 15 is 0 Å². The number of alkyl halides is 1. The standard InChI is InChI=1S/C32H40FN/c1-32(2)17-6-10-28(21-32)30-12-5-9-26-8-3-4-11-29(26)31(30)27-15-13-24(14-16-27)20-25-22-34(23-25)19-7-18-33/h3-4,8,11,13-16,20,28H,5-7,9-10,12,17-19,21-23H2,1-2H3. The van der Waals surface area contributed by atoms with Crippen molar-refractivity contribution >= 4 is 11.6 Å². The van der Waals surface area contributed by atoms with E-state index in [9.17, 15) is 4.39 Å². The first-order valence-electron chi connectivity index (χ1n) is 13.4. The Morgan fingerprint density at radius 2 is 1.79 bits per heavy atom. The summed E-state index contributed by atoms with van der Waals surface area (Å²) in [6, 6.07) is 18.4. The monoisotopic (exact) mass is 457 g/mol. The molecule has 0 aromatic heterocycles. The van der Waals surface area contributed by atoms with Crippen LogP contribution in [0.15, 0.2) is 59.7 Å². The third kappa shape index (κ3) is 5.23. The summed E-state index contributed by atoms with van der Waals surface area (Å²) >= 11 is 0. The van der Waals surface area contributed by atoms with E-state index in [-0.39, 0.29) is 6.67 Å². The molecule has 0 N–H and O–H groups in total. The summed E-state index contributed by atoms with van der Waals surface area (Å²) in [4.78, 5) is 2.32. The van der Waals surface area contributed by atoms with E-state index in [1.54, 1.807) is 5.57 Å². The first-order chi connectivity index (χ1) is 16.5. The highest BCUT2D eigenvalue weighted by atomic mass is 19.1. The highest BCUT2D eigenvalue weighted by Gasteiger charge is 2.32. The van der Waals surface area contributed by atoms with Gasteiger partial charge in [-0.25, -0.2) is 0 Å². The average molecular weight is 458 g/mol. The second-order valence-corrected chi connectivity index (χ2v) is 11.5. The lowest BCUT2D eigenvalue weighted by atomic mass is 9.68. The number of nitrogens with zero attached hydrogens (tertiary/aromatic N) is 1. The molecule has 0 spiro atoms. The zero-order valence-electron chi connectivity index (χ0n) is 21.1. The molecule has 1 saturated carbocycles. The van der Waals surface area contributed by atoms with Crippen LogP contribution in [0, 0.1) is 11.3 Å². The fourth-order valence-electron chi connectivity index (χ4n) is 6.54. The van der Waals surface area contributed by atoms with E-state index in [1.807, 2.05) is 0 Å². The third-order valence-corrected chi connectivity index (χ3v) is 8.23. The molecule has 2 aromatic rings. The topological polar surface area (TPSA) is 3.24 Å². The van der Waals surface area contributed by atoms with Crippen LogP contribution in [-0.4, -0.2) is 31.2 Å². The van der Waals surface area contributed by atoms with Crippen LogP contribution >= 0.6 is 0 Å². The molecule has 5 rings (SSSR count). The number of aryl methyl sites for hydroxylation is 1. The number of likely N-dealkylation sites (tertiary alicyclic amines) is 1. The van der Waals surface area contributed by atoms with Gasteiger partial charge in [-0.15, -0.1) is 0 Å². The lowest BCUT2D eigenvalue weighted by molar-refractivity contribution is 0.198. The predicted octanol–water partition coefficient (Wildman–Crippen LogP) is 8.10. The van der Waals surface area contributed by atoms with Crippen molar-refractivity contribution in [2.24, 2.45) is 11.3 Å². The van der Waals surface area contributed by atoms with Crippen LogP contribution in [0.25, 0.3) is 11.6 Å². The highest BCUT2D eigenvalue weighted by Crippen LogP contribution is 2.47. The molecule has 2 fully saturated rings. The van der Waals surface area contributed by atoms with Crippen LogP contribution in [0.5, 0.6) is 0 Å². The predicted molar refractivity (Wildman–Crippen MR) is 143 cm³/mol. The van der Waals surface area contributed by atoms with Gasteiger partial charge in [0.2, 0.25) is 0 Å². The van der Waals surface area contributed by atoms with E-state index in [0.29, 0.717) is 17.8 Å². The third-order valence-electron chi connectivity index (χ3n) is 8.23. The van der Waals surface area contributed by atoms with Gasteiger partial charge in [0.25, 0.3) is 0 Å². The molecule has 2 aromatic carbocycles. The van der Waals surface area contributed by atoms with E-state index in [1.165, 1.54) is 78.3 Å². The van der Waals surface area contributed by atoms with Crippen molar-refractivity contribution in [1.82, 2.24) is 4.90 Å². The average Bonchev–Trinajstić information content (AvgIpc) is 3.00. The van der Waals surface area contributed by atoms with Crippen molar-refractivity contribution in [3.8, 4) is 0 Å². The number of halogens is 1. The van der Waals surface area contributed by atoms with Crippen LogP contribution in [0.4, 0.5) is 4.39 Å². The molecule has 1 nitrogen and oxygen atoms in total. The Hall–Kier alpha value is -2.19. The Kier molecular flexibility index (Phi) is 7.06. The summed E-state index contributed by atoms with van der Waals surface area (Å²) in [6.45, 7) is 7.57. The Bertz CT molecular complexity index is 1050. The van der Waals surface area contributed by atoms with Crippen molar-refractivity contribution in [3.05, 3.63) is 81.9 Å². The van der Waals surface area contributed by atoms with Crippen LogP contribution in [0.1, 0.15) is 81.0 Å². The lowest BCUT2D eigenvalue weighted by Gasteiger charge is -2.37. The Labute approximate surface area is 205 Å². The maximum Gasteiger partial charge on any atom is 0.0906 e. The SMILES string of the molecule is CC1(C)CCCC(C2=C(c3ccc(C=C4CN(CCCF)C4)cc3)c3ccccc3CCC2)C1. The van der Waals surface area contributed by atoms with Crippen LogP contribution in [-0.2, 0) is 6.42 Å². The smallest absolute Gasteiger partial charge is 0.0906 e. The maximum atomic E-state index is 12.4. The number of hydrogen-bond acceptors (Lipinski definition) is 1. The first-order valence-corrected chi connectivity index (χ1v) is 13.4. The lowest BCUT2D eigenvalue weighted by Crippen LogP contribution is -2.40. The van der Waals surface area contributed by atoms with Crippen molar-refractivity contribution in [1.29, 1.82) is 0 Å². The van der Waals surface area contributed by atoms with E-state index in [0.717, 1.165) is 19.6 Å². The van der Waals surface area contributed by atoms with Crippen LogP contribution in [0.3, 0.4) is 0 Å².